The SMILES string of the molecule is N#Cc1nc(N)n(CC(=O)Nc2cccc(C(=O)NC3CC3)c2)c1C#N. The molecule has 1 aromatic carbocycles. The highest BCUT2D eigenvalue weighted by molar-refractivity contribution is 5.97. The van der Waals surface area contributed by atoms with Gasteiger partial charge in [0.2, 0.25) is 11.9 Å². The van der Waals surface area contributed by atoms with Crippen molar-refractivity contribution in [3.63, 3.8) is 0 Å². The third-order valence-corrected chi connectivity index (χ3v) is 3.83. The predicted octanol–water partition coefficient (Wildman–Crippen LogP) is 0.740. The molecule has 0 aliphatic heterocycles. The minimum Gasteiger partial charge on any atom is -0.369 e. The number of nitrogens with two attached hydrogens (primary N) is 1. The Morgan fingerprint density at radius 3 is 2.73 bits per heavy atom. The lowest BCUT2D eigenvalue weighted by molar-refractivity contribution is -0.116. The summed E-state index contributed by atoms with van der Waals surface area (Å²) >= 11 is 0. The van der Waals surface area contributed by atoms with Crippen LogP contribution in [0, 0.1) is 22.7 Å². The fraction of sp³-hybridized carbons (Fsp3) is 0.235. The van der Waals surface area contributed by atoms with Gasteiger partial charge in [-0.2, -0.15) is 10.5 Å². The Bertz CT molecular complexity index is 960. The number of amides is 2. The maximum atomic E-state index is 12.3. The van der Waals surface area contributed by atoms with E-state index in [1.54, 1.807) is 30.3 Å². The van der Waals surface area contributed by atoms with Crippen molar-refractivity contribution in [2.24, 2.45) is 0 Å². The number of hydrogen-bond donors (Lipinski definition) is 3. The van der Waals surface area contributed by atoms with Gasteiger partial charge in [0, 0.05) is 17.3 Å². The maximum absolute atomic E-state index is 12.3. The van der Waals surface area contributed by atoms with Gasteiger partial charge in [0.05, 0.1) is 0 Å². The fourth-order valence-corrected chi connectivity index (χ4v) is 2.40. The number of nitriles is 2. The largest absolute Gasteiger partial charge is 0.369 e. The molecule has 2 aromatic rings. The van der Waals surface area contributed by atoms with Crippen LogP contribution >= 0.6 is 0 Å². The van der Waals surface area contributed by atoms with Crippen LogP contribution in [0.5, 0.6) is 0 Å². The van der Waals surface area contributed by atoms with Crippen molar-refractivity contribution < 1.29 is 9.59 Å². The normalized spacial score (nSPS) is 12.7. The topological polar surface area (TPSA) is 150 Å². The molecule has 1 aliphatic rings. The van der Waals surface area contributed by atoms with Crippen molar-refractivity contribution in [3.8, 4) is 12.1 Å². The summed E-state index contributed by atoms with van der Waals surface area (Å²) < 4.78 is 1.16. The molecule has 1 saturated carbocycles. The minimum atomic E-state index is -0.463. The molecule has 0 saturated heterocycles. The number of imidazole rings is 1. The summed E-state index contributed by atoms with van der Waals surface area (Å²) in [6.45, 7) is -0.276. The van der Waals surface area contributed by atoms with Gasteiger partial charge in [0.15, 0.2) is 11.4 Å². The Morgan fingerprint density at radius 2 is 2.08 bits per heavy atom. The van der Waals surface area contributed by atoms with Crippen LogP contribution in [0.15, 0.2) is 24.3 Å². The number of nitrogens with zero attached hydrogens (tertiary/aromatic N) is 4. The van der Waals surface area contributed by atoms with Crippen LogP contribution < -0.4 is 16.4 Å². The number of carbonyl (C=O) groups is 2. The quantitative estimate of drug-likeness (QED) is 0.724. The molecular weight excluding hydrogens is 334 g/mol. The van der Waals surface area contributed by atoms with E-state index >= 15 is 0 Å². The molecule has 1 aromatic heterocycles. The van der Waals surface area contributed by atoms with E-state index in [-0.39, 0.29) is 35.8 Å². The number of nitrogen functional groups attached to an aromatic ring is 1. The van der Waals surface area contributed by atoms with Gasteiger partial charge in [0.1, 0.15) is 18.7 Å². The van der Waals surface area contributed by atoms with Crippen molar-refractivity contribution in [3.05, 3.63) is 41.2 Å². The molecule has 0 radical (unpaired) electrons. The van der Waals surface area contributed by atoms with E-state index in [1.807, 2.05) is 6.07 Å². The second-order valence-electron chi connectivity index (χ2n) is 5.85. The maximum Gasteiger partial charge on any atom is 0.251 e. The zero-order valence-corrected chi connectivity index (χ0v) is 13.7. The zero-order valence-electron chi connectivity index (χ0n) is 13.7. The predicted molar refractivity (Wildman–Crippen MR) is 91.6 cm³/mol. The van der Waals surface area contributed by atoms with Gasteiger partial charge in [-0.25, -0.2) is 4.98 Å². The van der Waals surface area contributed by atoms with Crippen molar-refractivity contribution in [2.75, 3.05) is 11.1 Å². The molecule has 0 spiro atoms. The molecule has 1 heterocycles. The highest BCUT2D eigenvalue weighted by Gasteiger charge is 2.24. The van der Waals surface area contributed by atoms with E-state index in [0.29, 0.717) is 11.3 Å². The highest BCUT2D eigenvalue weighted by Crippen LogP contribution is 2.20. The fourth-order valence-electron chi connectivity index (χ4n) is 2.40. The van der Waals surface area contributed by atoms with E-state index < -0.39 is 5.91 Å². The molecule has 3 rings (SSSR count). The first kappa shape index (κ1) is 17.0. The van der Waals surface area contributed by atoms with Gasteiger partial charge in [-0.05, 0) is 31.0 Å². The lowest BCUT2D eigenvalue weighted by Crippen LogP contribution is -2.25. The van der Waals surface area contributed by atoms with E-state index in [2.05, 4.69) is 15.6 Å². The highest BCUT2D eigenvalue weighted by atomic mass is 16.2. The van der Waals surface area contributed by atoms with E-state index in [1.165, 1.54) is 0 Å². The van der Waals surface area contributed by atoms with Crippen LogP contribution in [0.3, 0.4) is 0 Å². The van der Waals surface area contributed by atoms with E-state index in [0.717, 1.165) is 17.4 Å². The first-order valence-electron chi connectivity index (χ1n) is 7.88. The number of carbonyl (C=O) groups excluding carboxylic acids is 2. The molecule has 0 bridgehead atoms. The van der Waals surface area contributed by atoms with Crippen molar-refractivity contribution in [2.45, 2.75) is 25.4 Å². The Labute approximate surface area is 149 Å². The number of nitrogens with one attached hydrogen (secondary N) is 2. The zero-order chi connectivity index (χ0) is 18.7. The van der Waals surface area contributed by atoms with Crippen molar-refractivity contribution >= 4 is 23.5 Å². The summed E-state index contributed by atoms with van der Waals surface area (Å²) in [5.74, 6) is -0.742. The third-order valence-electron chi connectivity index (χ3n) is 3.83. The molecule has 9 nitrogen and oxygen atoms in total. The van der Waals surface area contributed by atoms with E-state index in [9.17, 15) is 9.59 Å². The van der Waals surface area contributed by atoms with Crippen LogP contribution in [0.1, 0.15) is 34.6 Å². The van der Waals surface area contributed by atoms with Crippen LogP contribution in [-0.2, 0) is 11.3 Å². The van der Waals surface area contributed by atoms with Gasteiger partial charge in [-0.1, -0.05) is 6.07 Å². The summed E-state index contributed by atoms with van der Waals surface area (Å²) in [4.78, 5) is 28.1. The molecule has 2 amide bonds. The first-order chi connectivity index (χ1) is 12.5. The molecule has 4 N–H and O–H groups in total. The standard InChI is InChI=1S/C17H15N7O2/c18-7-13-14(8-19)24(17(20)23-13)9-15(25)21-12-3-1-2-10(6-12)16(26)22-11-4-5-11/h1-3,6,11H,4-5,9H2,(H2,20,23)(H,21,25)(H,22,26). The van der Waals surface area contributed by atoms with Crippen molar-refractivity contribution in [1.29, 1.82) is 10.5 Å². The monoisotopic (exact) mass is 349 g/mol. The molecule has 0 atom stereocenters. The molecule has 26 heavy (non-hydrogen) atoms. The minimum absolute atomic E-state index is 0.0716. The number of rotatable bonds is 5. The number of anilines is 2. The van der Waals surface area contributed by atoms with Crippen LogP contribution in [-0.4, -0.2) is 27.4 Å². The Kier molecular flexibility index (Phi) is 4.54. The van der Waals surface area contributed by atoms with Crippen LogP contribution in [0.4, 0.5) is 11.6 Å². The van der Waals surface area contributed by atoms with Gasteiger partial charge in [0.25, 0.3) is 5.91 Å². The van der Waals surface area contributed by atoms with Crippen molar-refractivity contribution in [1.82, 2.24) is 14.9 Å². The molecule has 130 valence electrons. The van der Waals surface area contributed by atoms with Crippen LogP contribution in [0.25, 0.3) is 0 Å². The van der Waals surface area contributed by atoms with Gasteiger partial charge < -0.3 is 16.4 Å². The number of hydrogen-bond acceptors (Lipinski definition) is 6. The molecular formula is C17H15N7O2. The summed E-state index contributed by atoms with van der Waals surface area (Å²) in [6.07, 6.45) is 1.97. The average molecular weight is 349 g/mol. The van der Waals surface area contributed by atoms with Gasteiger partial charge >= 0.3 is 0 Å². The third kappa shape index (κ3) is 3.62. The molecule has 1 aliphatic carbocycles. The number of aromatic nitrogens is 2. The summed E-state index contributed by atoms with van der Waals surface area (Å²) in [5, 5.41) is 23.6. The lowest BCUT2D eigenvalue weighted by Gasteiger charge is -2.09. The lowest BCUT2D eigenvalue weighted by atomic mass is 10.2. The molecule has 1 fully saturated rings. The summed E-state index contributed by atoms with van der Waals surface area (Å²) in [5.41, 5.74) is 6.35. The Morgan fingerprint density at radius 1 is 1.31 bits per heavy atom. The Balaban J connectivity index is 1.71. The van der Waals surface area contributed by atoms with E-state index in [4.69, 9.17) is 16.3 Å². The average Bonchev–Trinajstić information content (AvgIpc) is 3.38. The number of benzene rings is 1. The second-order valence-corrected chi connectivity index (χ2v) is 5.85. The summed E-state index contributed by atoms with van der Waals surface area (Å²) in [6, 6.07) is 10.4. The van der Waals surface area contributed by atoms with Gasteiger partial charge in [-0.15, -0.1) is 0 Å². The second kappa shape index (κ2) is 6.95. The molecule has 9 heteroatoms. The molecule has 0 unspecified atom stereocenters. The van der Waals surface area contributed by atoms with Crippen LogP contribution in [0.2, 0.25) is 0 Å². The smallest absolute Gasteiger partial charge is 0.251 e. The Hall–Kier alpha value is -3.85. The summed E-state index contributed by atoms with van der Waals surface area (Å²) in [7, 11) is 0. The first-order valence-corrected chi connectivity index (χ1v) is 7.88. The van der Waals surface area contributed by atoms with Gasteiger partial charge in [-0.3, -0.25) is 14.2 Å².